The van der Waals surface area contributed by atoms with Crippen molar-refractivity contribution in [1.82, 2.24) is 20.2 Å². The molecule has 12 heteroatoms. The highest BCUT2D eigenvalue weighted by atomic mass is 19.4. The van der Waals surface area contributed by atoms with Gasteiger partial charge in [-0.05, 0) is 49.3 Å². The fourth-order valence-corrected chi connectivity index (χ4v) is 3.82. The maximum absolute atomic E-state index is 12.7. The van der Waals surface area contributed by atoms with Crippen LogP contribution in [-0.4, -0.2) is 26.3 Å². The van der Waals surface area contributed by atoms with E-state index in [-0.39, 0.29) is 11.6 Å². The predicted molar refractivity (Wildman–Crippen MR) is 105 cm³/mol. The molecule has 3 aromatic heterocycles. The lowest BCUT2D eigenvalue weighted by molar-refractivity contribution is -0.767. The summed E-state index contributed by atoms with van der Waals surface area (Å²) in [6, 6.07) is 1.25. The molecule has 0 aliphatic heterocycles. The first kappa shape index (κ1) is 21.7. The number of halogens is 3. The molecule has 3 aromatic rings. The third-order valence-corrected chi connectivity index (χ3v) is 5.40. The minimum atomic E-state index is -4.60. The number of hydrogen-bond acceptors (Lipinski definition) is 6. The molecule has 1 aliphatic rings. The van der Waals surface area contributed by atoms with Gasteiger partial charge in [0.15, 0.2) is 6.54 Å². The van der Waals surface area contributed by atoms with Gasteiger partial charge in [0.25, 0.3) is 6.20 Å². The summed E-state index contributed by atoms with van der Waals surface area (Å²) in [5.41, 5.74) is 0.0224. The number of nitrogens with zero attached hydrogens (tertiary/aromatic N) is 5. The van der Waals surface area contributed by atoms with E-state index in [1.807, 2.05) is 12.4 Å². The third-order valence-electron chi connectivity index (χ3n) is 5.40. The largest absolute Gasteiger partial charge is 0.433 e. The highest BCUT2D eigenvalue weighted by Gasteiger charge is 2.32. The van der Waals surface area contributed by atoms with Gasteiger partial charge in [-0.15, -0.1) is 0 Å². The quantitative estimate of drug-likeness (QED) is 0.575. The highest BCUT2D eigenvalue weighted by molar-refractivity contribution is 5.98. The number of urea groups is 1. The first-order chi connectivity index (χ1) is 15.4. The monoisotopic (exact) mass is 448 g/mol. The van der Waals surface area contributed by atoms with Crippen molar-refractivity contribution >= 4 is 17.6 Å². The molecular formula is C20H21F3N7O2+. The van der Waals surface area contributed by atoms with Gasteiger partial charge in [0.05, 0.1) is 0 Å². The van der Waals surface area contributed by atoms with Crippen LogP contribution in [-0.2, 0) is 12.7 Å². The second-order valence-corrected chi connectivity index (χ2v) is 7.68. The van der Waals surface area contributed by atoms with Crippen LogP contribution in [0.15, 0.2) is 47.8 Å². The van der Waals surface area contributed by atoms with Crippen LogP contribution in [0.3, 0.4) is 0 Å². The van der Waals surface area contributed by atoms with E-state index in [4.69, 9.17) is 4.52 Å². The summed E-state index contributed by atoms with van der Waals surface area (Å²) in [5.74, 6) is 0.967. The van der Waals surface area contributed by atoms with E-state index in [1.165, 1.54) is 12.4 Å². The highest BCUT2D eigenvalue weighted by Crippen LogP contribution is 2.35. The zero-order valence-electron chi connectivity index (χ0n) is 16.9. The van der Waals surface area contributed by atoms with E-state index in [1.54, 1.807) is 10.9 Å². The van der Waals surface area contributed by atoms with Crippen LogP contribution in [0.5, 0.6) is 0 Å². The Morgan fingerprint density at radius 2 is 1.91 bits per heavy atom. The molecule has 9 nitrogen and oxygen atoms in total. The molecule has 0 aromatic carbocycles. The van der Waals surface area contributed by atoms with E-state index in [0.717, 1.165) is 43.5 Å². The normalized spacial score (nSPS) is 18.8. The zero-order valence-corrected chi connectivity index (χ0v) is 16.9. The SMILES string of the molecule is O=C(Nc1ccnc(C(F)(F)F)c1)Nc1c[n+](CC2CCC(c3cncnc3)CC2)no1. The van der Waals surface area contributed by atoms with Crippen LogP contribution in [0.1, 0.15) is 42.9 Å². The summed E-state index contributed by atoms with van der Waals surface area (Å²) in [5, 5.41) is 8.65. The fourth-order valence-electron chi connectivity index (χ4n) is 3.82. The van der Waals surface area contributed by atoms with Crippen molar-refractivity contribution in [2.45, 2.75) is 44.3 Å². The summed E-state index contributed by atoms with van der Waals surface area (Å²) in [6.07, 6.45) is 7.29. The van der Waals surface area contributed by atoms with E-state index < -0.39 is 17.9 Å². The maximum atomic E-state index is 12.7. The van der Waals surface area contributed by atoms with E-state index in [9.17, 15) is 18.0 Å². The smallest absolute Gasteiger partial charge is 0.308 e. The molecule has 4 rings (SSSR count). The summed E-state index contributed by atoms with van der Waals surface area (Å²) in [4.78, 5) is 23.5. The topological polar surface area (TPSA) is 110 Å². The fraction of sp³-hybridized carbons (Fsp3) is 0.400. The van der Waals surface area contributed by atoms with Gasteiger partial charge in [0.2, 0.25) is 5.27 Å². The number of pyridine rings is 1. The number of hydrogen-bond donors (Lipinski definition) is 2. The summed E-state index contributed by atoms with van der Waals surface area (Å²) in [7, 11) is 0. The molecule has 1 fully saturated rings. The number of rotatable bonds is 5. The molecule has 0 bridgehead atoms. The van der Waals surface area contributed by atoms with Crippen molar-refractivity contribution in [3.63, 3.8) is 0 Å². The van der Waals surface area contributed by atoms with Crippen LogP contribution >= 0.6 is 0 Å². The molecule has 3 heterocycles. The van der Waals surface area contributed by atoms with Gasteiger partial charge < -0.3 is 5.32 Å². The van der Waals surface area contributed by atoms with Gasteiger partial charge in [-0.3, -0.25) is 14.8 Å². The number of carbonyl (C=O) groups excluding carboxylic acids is 1. The predicted octanol–water partition coefficient (Wildman–Crippen LogP) is 3.78. The Hall–Kier alpha value is -3.57. The van der Waals surface area contributed by atoms with Crippen LogP contribution < -0.4 is 15.3 Å². The molecule has 0 atom stereocenters. The summed E-state index contributed by atoms with van der Waals surface area (Å²) < 4.78 is 44.9. The van der Waals surface area contributed by atoms with E-state index in [2.05, 4.69) is 30.9 Å². The first-order valence-corrected chi connectivity index (χ1v) is 10.1. The molecule has 0 spiro atoms. The number of nitrogens with one attached hydrogen (secondary N) is 2. The van der Waals surface area contributed by atoms with Crippen LogP contribution in [0.25, 0.3) is 0 Å². The van der Waals surface area contributed by atoms with Crippen molar-refractivity contribution in [1.29, 1.82) is 0 Å². The molecule has 1 aliphatic carbocycles. The van der Waals surface area contributed by atoms with Crippen molar-refractivity contribution in [3.8, 4) is 0 Å². The third kappa shape index (κ3) is 5.56. The summed E-state index contributed by atoms with van der Waals surface area (Å²) >= 11 is 0. The van der Waals surface area contributed by atoms with Gasteiger partial charge >= 0.3 is 18.1 Å². The second kappa shape index (κ2) is 9.28. The lowest BCUT2D eigenvalue weighted by Gasteiger charge is -2.26. The molecule has 2 amide bonds. The molecule has 2 N–H and O–H groups in total. The van der Waals surface area contributed by atoms with Crippen LogP contribution in [0.2, 0.25) is 0 Å². The molecule has 168 valence electrons. The lowest BCUT2D eigenvalue weighted by atomic mass is 9.79. The molecule has 0 radical (unpaired) electrons. The average molecular weight is 448 g/mol. The Morgan fingerprint density at radius 1 is 1.16 bits per heavy atom. The van der Waals surface area contributed by atoms with Gasteiger partial charge in [-0.1, -0.05) is 4.68 Å². The Labute approximate surface area is 181 Å². The summed E-state index contributed by atoms with van der Waals surface area (Å²) in [6.45, 7) is 0.643. The Kier molecular flexibility index (Phi) is 6.28. The second-order valence-electron chi connectivity index (χ2n) is 7.68. The number of anilines is 2. The van der Waals surface area contributed by atoms with Gasteiger partial charge in [0, 0.05) is 30.2 Å². The molecule has 1 saturated carbocycles. The first-order valence-electron chi connectivity index (χ1n) is 10.1. The van der Waals surface area contributed by atoms with Gasteiger partial charge in [-0.25, -0.2) is 14.8 Å². The standard InChI is InChI=1S/C20H20F3N7O2/c21-20(22,23)17-7-16(5-6-26-17)27-19(31)28-18-11-30(29-32-18)10-13-1-3-14(4-2-13)15-8-24-12-25-9-15/h5-9,11-14H,1-4,10H2,(H-,26,27,28,29,31)/p+1. The van der Waals surface area contributed by atoms with E-state index >= 15 is 0 Å². The Bertz CT molecular complexity index is 1050. The molecule has 0 unspecified atom stereocenters. The van der Waals surface area contributed by atoms with Gasteiger partial charge in [0.1, 0.15) is 12.0 Å². The molecular weight excluding hydrogens is 427 g/mol. The number of aromatic nitrogens is 5. The van der Waals surface area contributed by atoms with Crippen molar-refractivity contribution in [3.05, 3.63) is 54.5 Å². The van der Waals surface area contributed by atoms with Crippen LogP contribution in [0, 0.1) is 5.92 Å². The Morgan fingerprint density at radius 3 is 2.62 bits per heavy atom. The number of alkyl halides is 3. The number of carbonyl (C=O) groups is 1. The Balaban J connectivity index is 1.27. The minimum Gasteiger partial charge on any atom is -0.308 e. The van der Waals surface area contributed by atoms with Crippen molar-refractivity contribution < 1.29 is 27.2 Å². The molecule has 0 saturated heterocycles. The minimum absolute atomic E-state index is 0.0437. The van der Waals surface area contributed by atoms with Crippen molar-refractivity contribution in [2.24, 2.45) is 5.92 Å². The maximum Gasteiger partial charge on any atom is 0.433 e. The molecule has 32 heavy (non-hydrogen) atoms. The van der Waals surface area contributed by atoms with Crippen LogP contribution in [0.4, 0.5) is 29.5 Å². The van der Waals surface area contributed by atoms with Gasteiger partial charge in [-0.2, -0.15) is 13.2 Å². The average Bonchev–Trinajstić information content (AvgIpc) is 3.21. The van der Waals surface area contributed by atoms with Crippen molar-refractivity contribution in [2.75, 3.05) is 10.6 Å². The van der Waals surface area contributed by atoms with E-state index in [0.29, 0.717) is 18.4 Å². The lowest BCUT2D eigenvalue weighted by Crippen LogP contribution is -2.39. The number of amides is 2. The zero-order chi connectivity index (χ0) is 22.6.